The summed E-state index contributed by atoms with van der Waals surface area (Å²) < 4.78 is 22.6. The fourth-order valence-electron chi connectivity index (χ4n) is 3.41. The fourth-order valence-corrected chi connectivity index (χ4v) is 4.10. The molecule has 1 rings (SSSR count). The summed E-state index contributed by atoms with van der Waals surface area (Å²) in [6, 6.07) is 0.354. The van der Waals surface area contributed by atoms with Gasteiger partial charge in [-0.2, -0.15) is 0 Å². The molecule has 0 saturated carbocycles. The third-order valence-corrected chi connectivity index (χ3v) is 5.93. The summed E-state index contributed by atoms with van der Waals surface area (Å²) >= 11 is 0. The van der Waals surface area contributed by atoms with Crippen molar-refractivity contribution in [3.63, 3.8) is 0 Å². The highest BCUT2D eigenvalue weighted by Gasteiger charge is 2.37. The average Bonchev–Trinajstić information content (AvgIpc) is 2.42. The van der Waals surface area contributed by atoms with E-state index in [2.05, 4.69) is 24.1 Å². The van der Waals surface area contributed by atoms with Crippen LogP contribution >= 0.6 is 0 Å². The number of hydrogen-bond acceptors (Lipinski definition) is 4. The third-order valence-electron chi connectivity index (χ3n) is 4.90. The molecule has 120 valence electrons. The lowest BCUT2D eigenvalue weighted by Gasteiger charge is -2.48. The quantitative estimate of drug-likeness (QED) is 0.746. The lowest BCUT2D eigenvalue weighted by atomic mass is 9.83. The third kappa shape index (κ3) is 5.01. The van der Waals surface area contributed by atoms with Crippen LogP contribution in [0.25, 0.3) is 0 Å². The Morgan fingerprint density at radius 3 is 2.30 bits per heavy atom. The Morgan fingerprint density at radius 2 is 1.85 bits per heavy atom. The maximum absolute atomic E-state index is 11.3. The average molecular weight is 305 g/mol. The van der Waals surface area contributed by atoms with Crippen molar-refractivity contribution in [2.75, 3.05) is 32.1 Å². The standard InChI is InChI=1S/C15H32N2O2S/c1-5-15(2,17-11-7-6-8-12-17)14(16-3)10-9-13-20(4,18)19/h14,16H,5-13H2,1-4H3. The van der Waals surface area contributed by atoms with Gasteiger partial charge in [0.25, 0.3) is 0 Å². The molecule has 1 heterocycles. The van der Waals surface area contributed by atoms with Crippen LogP contribution in [0.1, 0.15) is 52.4 Å². The molecule has 0 aromatic heterocycles. The molecule has 0 aromatic carbocycles. The highest BCUT2D eigenvalue weighted by molar-refractivity contribution is 7.90. The highest BCUT2D eigenvalue weighted by Crippen LogP contribution is 2.29. The molecule has 5 heteroatoms. The van der Waals surface area contributed by atoms with Gasteiger partial charge in [0.15, 0.2) is 0 Å². The number of piperidine rings is 1. The smallest absolute Gasteiger partial charge is 0.147 e. The van der Waals surface area contributed by atoms with Gasteiger partial charge in [0.1, 0.15) is 9.84 Å². The molecule has 1 aliphatic rings. The highest BCUT2D eigenvalue weighted by atomic mass is 32.2. The van der Waals surface area contributed by atoms with Crippen LogP contribution in [0.3, 0.4) is 0 Å². The van der Waals surface area contributed by atoms with Crippen LogP contribution in [0, 0.1) is 0 Å². The lowest BCUT2D eigenvalue weighted by molar-refractivity contribution is 0.0424. The van der Waals surface area contributed by atoms with E-state index in [1.807, 2.05) is 7.05 Å². The van der Waals surface area contributed by atoms with Gasteiger partial charge in [0, 0.05) is 23.6 Å². The molecule has 0 aromatic rings. The van der Waals surface area contributed by atoms with Crippen molar-refractivity contribution < 1.29 is 8.42 Å². The molecule has 1 saturated heterocycles. The number of likely N-dealkylation sites (tertiary alicyclic amines) is 1. The number of likely N-dealkylation sites (N-methyl/N-ethyl adjacent to an activating group) is 1. The van der Waals surface area contributed by atoms with Crippen molar-refractivity contribution >= 4 is 9.84 Å². The van der Waals surface area contributed by atoms with Crippen LogP contribution in [0.5, 0.6) is 0 Å². The van der Waals surface area contributed by atoms with Gasteiger partial charge in [0.2, 0.25) is 0 Å². The van der Waals surface area contributed by atoms with Crippen LogP contribution in [0.2, 0.25) is 0 Å². The van der Waals surface area contributed by atoms with Gasteiger partial charge in [-0.25, -0.2) is 8.42 Å². The molecule has 0 bridgehead atoms. The minimum absolute atomic E-state index is 0.132. The molecule has 0 aliphatic carbocycles. The predicted octanol–water partition coefficient (Wildman–Crippen LogP) is 2.05. The van der Waals surface area contributed by atoms with Crippen molar-refractivity contribution in [2.24, 2.45) is 0 Å². The van der Waals surface area contributed by atoms with Crippen LogP contribution < -0.4 is 5.32 Å². The van der Waals surface area contributed by atoms with Crippen molar-refractivity contribution in [3.8, 4) is 0 Å². The zero-order chi connectivity index (χ0) is 15.2. The van der Waals surface area contributed by atoms with E-state index < -0.39 is 9.84 Å². The van der Waals surface area contributed by atoms with E-state index in [1.54, 1.807) is 0 Å². The van der Waals surface area contributed by atoms with Gasteiger partial charge >= 0.3 is 0 Å². The van der Waals surface area contributed by atoms with Crippen LogP contribution in [-0.4, -0.2) is 57.0 Å². The van der Waals surface area contributed by atoms with Gasteiger partial charge in [-0.3, -0.25) is 4.90 Å². The molecule has 4 nitrogen and oxygen atoms in total. The Morgan fingerprint density at radius 1 is 1.25 bits per heavy atom. The van der Waals surface area contributed by atoms with Crippen molar-refractivity contribution in [2.45, 2.75) is 64.0 Å². The maximum atomic E-state index is 11.3. The monoisotopic (exact) mass is 304 g/mol. The molecule has 2 atom stereocenters. The first-order valence-electron chi connectivity index (χ1n) is 7.93. The topological polar surface area (TPSA) is 49.4 Å². The Labute approximate surface area is 125 Å². The van der Waals surface area contributed by atoms with Crippen molar-refractivity contribution in [3.05, 3.63) is 0 Å². The number of nitrogens with zero attached hydrogens (tertiary/aromatic N) is 1. The summed E-state index contributed by atoms with van der Waals surface area (Å²) in [5.41, 5.74) is 0.132. The van der Waals surface area contributed by atoms with Gasteiger partial charge in [-0.05, 0) is 59.2 Å². The normalized spacial score (nSPS) is 22.4. The van der Waals surface area contributed by atoms with E-state index in [-0.39, 0.29) is 5.54 Å². The van der Waals surface area contributed by atoms with Crippen molar-refractivity contribution in [1.29, 1.82) is 0 Å². The first-order valence-corrected chi connectivity index (χ1v) is 9.99. The summed E-state index contributed by atoms with van der Waals surface area (Å²) in [6.07, 6.45) is 8.00. The minimum Gasteiger partial charge on any atom is -0.315 e. The Bertz CT molecular complexity index is 377. The fraction of sp³-hybridized carbons (Fsp3) is 1.00. The molecule has 20 heavy (non-hydrogen) atoms. The van der Waals surface area contributed by atoms with Gasteiger partial charge in [0.05, 0.1) is 0 Å². The lowest BCUT2D eigenvalue weighted by Crippen LogP contribution is -2.59. The van der Waals surface area contributed by atoms with Gasteiger partial charge < -0.3 is 5.32 Å². The molecule has 1 N–H and O–H groups in total. The molecular weight excluding hydrogens is 272 g/mol. The number of nitrogens with one attached hydrogen (secondary N) is 1. The zero-order valence-corrected chi connectivity index (χ0v) is 14.4. The van der Waals surface area contributed by atoms with E-state index in [4.69, 9.17) is 0 Å². The second-order valence-corrected chi connectivity index (χ2v) is 8.63. The molecular formula is C15H32N2O2S. The molecule has 1 aliphatic heterocycles. The number of hydrogen-bond donors (Lipinski definition) is 1. The minimum atomic E-state index is -2.85. The summed E-state index contributed by atoms with van der Waals surface area (Å²) in [5.74, 6) is 0.297. The molecule has 0 amide bonds. The van der Waals surface area contributed by atoms with Crippen LogP contribution in [0.15, 0.2) is 0 Å². The van der Waals surface area contributed by atoms with Gasteiger partial charge in [-0.1, -0.05) is 13.3 Å². The van der Waals surface area contributed by atoms with Crippen LogP contribution in [-0.2, 0) is 9.84 Å². The number of sulfone groups is 1. The largest absolute Gasteiger partial charge is 0.315 e. The Balaban J connectivity index is 2.66. The zero-order valence-electron chi connectivity index (χ0n) is 13.6. The summed E-state index contributed by atoms with van der Waals surface area (Å²) in [5, 5.41) is 3.44. The Hall–Kier alpha value is -0.130. The van der Waals surface area contributed by atoms with E-state index >= 15 is 0 Å². The first-order chi connectivity index (χ1) is 9.33. The van der Waals surface area contributed by atoms with Gasteiger partial charge in [-0.15, -0.1) is 0 Å². The van der Waals surface area contributed by atoms with Crippen molar-refractivity contribution in [1.82, 2.24) is 10.2 Å². The summed E-state index contributed by atoms with van der Waals surface area (Å²) in [7, 11) is -0.844. The van der Waals surface area contributed by atoms with Crippen LogP contribution in [0.4, 0.5) is 0 Å². The maximum Gasteiger partial charge on any atom is 0.147 e. The molecule has 0 spiro atoms. The summed E-state index contributed by atoms with van der Waals surface area (Å²) in [4.78, 5) is 2.61. The summed E-state index contributed by atoms with van der Waals surface area (Å²) in [6.45, 7) is 6.93. The Kier molecular flexibility index (Phi) is 6.95. The second kappa shape index (κ2) is 7.76. The van der Waals surface area contributed by atoms with E-state index in [0.29, 0.717) is 11.8 Å². The first kappa shape index (κ1) is 17.9. The van der Waals surface area contributed by atoms with E-state index in [9.17, 15) is 8.42 Å². The second-order valence-electron chi connectivity index (χ2n) is 6.37. The molecule has 0 radical (unpaired) electrons. The van der Waals surface area contributed by atoms with E-state index in [0.717, 1.165) is 19.3 Å². The predicted molar refractivity (Wildman–Crippen MR) is 85.9 cm³/mol. The van der Waals surface area contributed by atoms with E-state index in [1.165, 1.54) is 38.6 Å². The number of rotatable bonds is 8. The molecule has 1 fully saturated rings. The SMILES string of the molecule is CCC(C)(C(CCCS(C)(=O)=O)NC)N1CCCCC1. The molecule has 2 unspecified atom stereocenters.